The van der Waals surface area contributed by atoms with E-state index in [1.807, 2.05) is 4.90 Å². The Hall–Kier alpha value is -1.65. The Balaban J connectivity index is 2.45. The molecule has 0 unspecified atom stereocenters. The lowest BCUT2D eigenvalue weighted by Crippen LogP contribution is -2.46. The highest BCUT2D eigenvalue weighted by Crippen LogP contribution is 1.86. The Morgan fingerprint density at radius 2 is 1.65 bits per heavy atom. The van der Waals surface area contributed by atoms with Crippen molar-refractivity contribution in [3.05, 3.63) is 0 Å². The Morgan fingerprint density at radius 1 is 1.12 bits per heavy atom. The largest absolute Gasteiger partial charge is 0.354 e. The molecule has 0 bridgehead atoms. The fourth-order valence-electron chi connectivity index (χ4n) is 1.49. The molecule has 0 radical (unpaired) electrons. The summed E-state index contributed by atoms with van der Waals surface area (Å²) in [5.74, 6) is -0.287. The van der Waals surface area contributed by atoms with Crippen LogP contribution in [0, 0.1) is 11.3 Å². The maximum atomic E-state index is 11.3. The number of nitrogens with one attached hydrogen (secondary N) is 3. The van der Waals surface area contributed by atoms with Crippen molar-refractivity contribution in [2.24, 2.45) is 0 Å². The van der Waals surface area contributed by atoms with E-state index in [1.54, 1.807) is 0 Å². The number of hydrogen-bond acceptors (Lipinski definition) is 5. The number of nitrogens with zero attached hydrogens (tertiary/aromatic N) is 2. The van der Waals surface area contributed by atoms with Crippen molar-refractivity contribution in [1.82, 2.24) is 20.9 Å². The smallest absolute Gasteiger partial charge is 0.234 e. The number of amides is 2. The van der Waals surface area contributed by atoms with E-state index in [2.05, 4.69) is 22.0 Å². The quantitative estimate of drug-likeness (QED) is 0.445. The van der Waals surface area contributed by atoms with Crippen molar-refractivity contribution in [2.75, 3.05) is 45.8 Å². The van der Waals surface area contributed by atoms with E-state index in [1.165, 1.54) is 0 Å². The molecule has 2 amide bonds. The monoisotopic (exact) mass is 239 g/mol. The van der Waals surface area contributed by atoms with Gasteiger partial charge in [0, 0.05) is 26.2 Å². The van der Waals surface area contributed by atoms with Crippen molar-refractivity contribution in [3.63, 3.8) is 0 Å². The average molecular weight is 239 g/mol. The molecule has 0 saturated carbocycles. The van der Waals surface area contributed by atoms with Gasteiger partial charge in [-0.25, -0.2) is 0 Å². The Morgan fingerprint density at radius 3 is 2.12 bits per heavy atom. The fourth-order valence-corrected chi connectivity index (χ4v) is 1.49. The molecule has 1 aliphatic rings. The predicted octanol–water partition coefficient (Wildman–Crippen LogP) is -2.35. The van der Waals surface area contributed by atoms with Gasteiger partial charge in [0.15, 0.2) is 0 Å². The molecule has 1 saturated heterocycles. The second-order valence-electron chi connectivity index (χ2n) is 3.74. The topological polar surface area (TPSA) is 97.3 Å². The number of carbonyl (C=O) groups excluding carboxylic acids is 2. The van der Waals surface area contributed by atoms with E-state index in [0.717, 1.165) is 0 Å². The van der Waals surface area contributed by atoms with Gasteiger partial charge >= 0.3 is 0 Å². The van der Waals surface area contributed by atoms with Crippen LogP contribution >= 0.6 is 0 Å². The summed E-state index contributed by atoms with van der Waals surface area (Å²) in [5, 5.41) is 16.8. The Kier molecular flexibility index (Phi) is 5.99. The summed E-state index contributed by atoms with van der Waals surface area (Å²) in [4.78, 5) is 24.4. The molecule has 7 nitrogen and oxygen atoms in total. The van der Waals surface area contributed by atoms with Crippen LogP contribution in [0.25, 0.3) is 0 Å². The Bertz CT molecular complexity index is 290. The minimum atomic E-state index is -0.143. The van der Waals surface area contributed by atoms with Gasteiger partial charge < -0.3 is 10.6 Å². The molecule has 1 rings (SSSR count). The van der Waals surface area contributed by atoms with Crippen molar-refractivity contribution >= 4 is 11.8 Å². The van der Waals surface area contributed by atoms with Crippen molar-refractivity contribution < 1.29 is 9.59 Å². The minimum absolute atomic E-state index is 0.131. The summed E-state index contributed by atoms with van der Waals surface area (Å²) in [7, 11) is 0. The van der Waals surface area contributed by atoms with Gasteiger partial charge in [-0.2, -0.15) is 5.26 Å². The van der Waals surface area contributed by atoms with Gasteiger partial charge in [0.05, 0.1) is 25.7 Å². The summed E-state index contributed by atoms with van der Waals surface area (Å²) in [6, 6.07) is 2.06. The second-order valence-corrected chi connectivity index (χ2v) is 3.74. The first-order valence-electron chi connectivity index (χ1n) is 5.56. The first-order chi connectivity index (χ1) is 8.22. The zero-order valence-electron chi connectivity index (χ0n) is 9.66. The second kappa shape index (κ2) is 7.60. The van der Waals surface area contributed by atoms with Crippen molar-refractivity contribution in [2.45, 2.75) is 0 Å². The molecule has 17 heavy (non-hydrogen) atoms. The van der Waals surface area contributed by atoms with E-state index in [-0.39, 0.29) is 24.9 Å². The van der Waals surface area contributed by atoms with Gasteiger partial charge in [0.25, 0.3) is 0 Å². The third kappa shape index (κ3) is 5.85. The lowest BCUT2D eigenvalue weighted by Gasteiger charge is -2.20. The molecule has 0 aliphatic carbocycles. The molecule has 3 N–H and O–H groups in total. The molecule has 94 valence electrons. The van der Waals surface area contributed by atoms with Gasteiger partial charge in [-0.1, -0.05) is 0 Å². The molecule has 1 aliphatic heterocycles. The molecular weight excluding hydrogens is 222 g/mol. The van der Waals surface area contributed by atoms with E-state index in [9.17, 15) is 9.59 Å². The van der Waals surface area contributed by atoms with Crippen LogP contribution in [0.2, 0.25) is 0 Å². The summed E-state index contributed by atoms with van der Waals surface area (Å²) in [6.45, 7) is 2.79. The predicted molar refractivity (Wildman–Crippen MR) is 60.9 cm³/mol. The normalized spacial score (nSPS) is 20.4. The van der Waals surface area contributed by atoms with Crippen LogP contribution < -0.4 is 16.0 Å². The SMILES string of the molecule is N#CCN1CCNC(=O)CNCC(=O)NCC1. The van der Waals surface area contributed by atoms with Crippen LogP contribution in [0.5, 0.6) is 0 Å². The highest BCUT2D eigenvalue weighted by Gasteiger charge is 2.09. The third-order valence-electron chi connectivity index (χ3n) is 2.37. The van der Waals surface area contributed by atoms with E-state index < -0.39 is 0 Å². The van der Waals surface area contributed by atoms with Crippen LogP contribution in [0.3, 0.4) is 0 Å². The van der Waals surface area contributed by atoms with E-state index >= 15 is 0 Å². The molecule has 1 fully saturated rings. The van der Waals surface area contributed by atoms with Gasteiger partial charge in [0.1, 0.15) is 0 Å². The summed E-state index contributed by atoms with van der Waals surface area (Å²) in [6.07, 6.45) is 0. The maximum absolute atomic E-state index is 11.3. The van der Waals surface area contributed by atoms with Crippen LogP contribution in [0.4, 0.5) is 0 Å². The lowest BCUT2D eigenvalue weighted by atomic mass is 10.4. The molecule has 7 heteroatoms. The lowest BCUT2D eigenvalue weighted by molar-refractivity contribution is -0.121. The van der Waals surface area contributed by atoms with Gasteiger partial charge in [-0.05, 0) is 0 Å². The van der Waals surface area contributed by atoms with Crippen LogP contribution in [0.15, 0.2) is 0 Å². The fraction of sp³-hybridized carbons (Fsp3) is 0.700. The van der Waals surface area contributed by atoms with E-state index in [0.29, 0.717) is 32.7 Å². The highest BCUT2D eigenvalue weighted by molar-refractivity contribution is 5.81. The van der Waals surface area contributed by atoms with Crippen molar-refractivity contribution in [1.29, 1.82) is 5.26 Å². The zero-order valence-corrected chi connectivity index (χ0v) is 9.66. The van der Waals surface area contributed by atoms with Crippen LogP contribution in [-0.4, -0.2) is 62.5 Å². The van der Waals surface area contributed by atoms with Crippen molar-refractivity contribution in [3.8, 4) is 6.07 Å². The number of carbonyl (C=O) groups is 2. The number of rotatable bonds is 1. The van der Waals surface area contributed by atoms with Crippen LogP contribution in [0.1, 0.15) is 0 Å². The zero-order chi connectivity index (χ0) is 12.5. The molecule has 0 atom stereocenters. The minimum Gasteiger partial charge on any atom is -0.354 e. The summed E-state index contributed by atoms with van der Waals surface area (Å²) in [5.41, 5.74) is 0. The first kappa shape index (κ1) is 13.4. The summed E-state index contributed by atoms with van der Waals surface area (Å²) >= 11 is 0. The highest BCUT2D eigenvalue weighted by atomic mass is 16.2. The third-order valence-corrected chi connectivity index (χ3v) is 2.37. The molecule has 0 aromatic rings. The molecule has 0 spiro atoms. The van der Waals surface area contributed by atoms with Gasteiger partial charge in [-0.15, -0.1) is 0 Å². The van der Waals surface area contributed by atoms with Gasteiger partial charge in [0.2, 0.25) is 11.8 Å². The first-order valence-corrected chi connectivity index (χ1v) is 5.56. The number of hydrogen-bond donors (Lipinski definition) is 3. The molecule has 0 aromatic carbocycles. The Labute approximate surface area is 100 Å². The molecule has 0 aromatic heterocycles. The van der Waals surface area contributed by atoms with E-state index in [4.69, 9.17) is 5.26 Å². The average Bonchev–Trinajstić information content (AvgIpc) is 2.27. The van der Waals surface area contributed by atoms with Gasteiger partial charge in [-0.3, -0.25) is 19.8 Å². The molecule has 1 heterocycles. The maximum Gasteiger partial charge on any atom is 0.234 e. The standard InChI is InChI=1S/C10H17N5O2/c11-1-4-15-5-2-13-9(16)7-12-8-10(17)14-3-6-15/h12H,2-8H2,(H,13,16)(H,14,17). The number of nitriles is 1. The van der Waals surface area contributed by atoms with Crippen LogP contribution in [-0.2, 0) is 9.59 Å². The summed E-state index contributed by atoms with van der Waals surface area (Å²) < 4.78 is 0. The molecular formula is C10H17N5O2.